The summed E-state index contributed by atoms with van der Waals surface area (Å²) in [6.45, 7) is 2.67. The Kier molecular flexibility index (Phi) is 5.44. The largest absolute Gasteiger partial charge is 0.338 e. The van der Waals surface area contributed by atoms with E-state index in [1.165, 1.54) is 19.3 Å². The molecule has 0 radical (unpaired) electrons. The highest BCUT2D eigenvalue weighted by atomic mass is 35.5. The van der Waals surface area contributed by atoms with E-state index in [9.17, 15) is 4.79 Å². The van der Waals surface area contributed by atoms with E-state index in [1.54, 1.807) is 6.20 Å². The molecule has 2 heterocycles. The molecule has 148 valence electrons. The number of carbonyl (C=O) groups excluding carboxylic acids is 1. The molecule has 28 heavy (non-hydrogen) atoms. The van der Waals surface area contributed by atoms with Crippen LogP contribution in [-0.4, -0.2) is 34.4 Å². The van der Waals surface area contributed by atoms with Crippen molar-refractivity contribution in [3.05, 3.63) is 53.3 Å². The summed E-state index contributed by atoms with van der Waals surface area (Å²) in [7, 11) is 0. The van der Waals surface area contributed by atoms with E-state index < -0.39 is 5.41 Å². The van der Waals surface area contributed by atoms with E-state index in [4.69, 9.17) is 17.3 Å². The molecule has 1 aromatic carbocycles. The lowest BCUT2D eigenvalue weighted by molar-refractivity contribution is -0.137. The standard InChI is InChI=1S/C23H28ClN3O/c1-23(21(25)15-27(22(23)28)19-7-3-2-4-8-19)13-17-10-9-16(12-20(17)24)18-6-5-11-26-14-18/h5-6,9-12,14,19,21H,2-4,7-8,13,15,25H2,1H3. The number of carbonyl (C=O) groups is 1. The molecule has 2 N–H and O–H groups in total. The Balaban J connectivity index is 1.55. The molecular formula is C23H28ClN3O. The number of rotatable bonds is 4. The number of nitrogens with zero attached hydrogens (tertiary/aromatic N) is 2. The number of hydrogen-bond acceptors (Lipinski definition) is 3. The molecule has 2 aromatic rings. The second-order valence-corrected chi connectivity index (χ2v) is 8.91. The first-order valence-corrected chi connectivity index (χ1v) is 10.6. The van der Waals surface area contributed by atoms with Crippen LogP contribution in [-0.2, 0) is 11.2 Å². The van der Waals surface area contributed by atoms with Gasteiger partial charge < -0.3 is 10.6 Å². The number of pyridine rings is 1. The number of halogens is 1. The van der Waals surface area contributed by atoms with Gasteiger partial charge >= 0.3 is 0 Å². The maximum absolute atomic E-state index is 13.3. The summed E-state index contributed by atoms with van der Waals surface area (Å²) in [5.74, 6) is 0.194. The molecule has 5 heteroatoms. The molecule has 2 fully saturated rings. The molecule has 4 rings (SSSR count). The Bertz CT molecular complexity index is 850. The molecule has 1 aliphatic carbocycles. The van der Waals surface area contributed by atoms with Crippen LogP contribution < -0.4 is 5.73 Å². The summed E-state index contributed by atoms with van der Waals surface area (Å²) >= 11 is 6.61. The van der Waals surface area contributed by atoms with E-state index in [0.717, 1.165) is 29.5 Å². The third kappa shape index (κ3) is 3.56. The van der Waals surface area contributed by atoms with Gasteiger partial charge in [-0.05, 0) is 49.4 Å². The molecule has 0 bridgehead atoms. The highest BCUT2D eigenvalue weighted by Gasteiger charge is 2.50. The highest BCUT2D eigenvalue weighted by Crippen LogP contribution is 2.39. The maximum Gasteiger partial charge on any atom is 0.230 e. The number of aromatic nitrogens is 1. The van der Waals surface area contributed by atoms with Crippen LogP contribution in [0.3, 0.4) is 0 Å². The molecule has 1 aliphatic heterocycles. The molecule has 0 spiro atoms. The fraction of sp³-hybridized carbons (Fsp3) is 0.478. The molecule has 1 saturated heterocycles. The summed E-state index contributed by atoms with van der Waals surface area (Å²) < 4.78 is 0. The topological polar surface area (TPSA) is 59.2 Å². The van der Waals surface area contributed by atoms with Gasteiger partial charge in [-0.15, -0.1) is 0 Å². The minimum Gasteiger partial charge on any atom is -0.338 e. The minimum absolute atomic E-state index is 0.170. The van der Waals surface area contributed by atoms with Crippen molar-refractivity contribution >= 4 is 17.5 Å². The molecule has 4 nitrogen and oxygen atoms in total. The van der Waals surface area contributed by atoms with Gasteiger partial charge in [-0.2, -0.15) is 0 Å². The van der Waals surface area contributed by atoms with Crippen LogP contribution in [0.1, 0.15) is 44.6 Å². The fourth-order valence-electron chi connectivity index (χ4n) is 4.70. The SMILES string of the molecule is CC1(Cc2ccc(-c3cccnc3)cc2Cl)C(=O)N(C2CCCCC2)CC1N. The monoisotopic (exact) mass is 397 g/mol. The predicted molar refractivity (Wildman–Crippen MR) is 113 cm³/mol. The lowest BCUT2D eigenvalue weighted by atomic mass is 9.78. The number of benzene rings is 1. The van der Waals surface area contributed by atoms with Gasteiger partial charge in [0.25, 0.3) is 0 Å². The van der Waals surface area contributed by atoms with E-state index in [2.05, 4.69) is 9.88 Å². The predicted octanol–water partition coefficient (Wildman–Crippen LogP) is 4.45. The van der Waals surface area contributed by atoms with Crippen molar-refractivity contribution in [1.82, 2.24) is 9.88 Å². The molecule has 2 aliphatic rings. The smallest absolute Gasteiger partial charge is 0.230 e. The quantitative estimate of drug-likeness (QED) is 0.828. The van der Waals surface area contributed by atoms with Crippen molar-refractivity contribution < 1.29 is 4.79 Å². The zero-order valence-corrected chi connectivity index (χ0v) is 17.2. The Hall–Kier alpha value is -1.91. The summed E-state index contributed by atoms with van der Waals surface area (Å²) in [5.41, 5.74) is 8.94. The van der Waals surface area contributed by atoms with Crippen molar-refractivity contribution in [1.29, 1.82) is 0 Å². The van der Waals surface area contributed by atoms with Crippen LogP contribution >= 0.6 is 11.6 Å². The molecule has 2 unspecified atom stereocenters. The first kappa shape index (κ1) is 19.4. The number of amides is 1. The number of nitrogens with two attached hydrogens (primary N) is 1. The van der Waals surface area contributed by atoms with Crippen molar-refractivity contribution in [3.63, 3.8) is 0 Å². The lowest BCUT2D eigenvalue weighted by Crippen LogP contribution is -2.43. The second-order valence-electron chi connectivity index (χ2n) is 8.50. The van der Waals surface area contributed by atoms with Crippen molar-refractivity contribution in [3.8, 4) is 11.1 Å². The first-order valence-electron chi connectivity index (χ1n) is 10.2. The Morgan fingerprint density at radius 1 is 1.21 bits per heavy atom. The Morgan fingerprint density at radius 3 is 2.68 bits per heavy atom. The van der Waals surface area contributed by atoms with Gasteiger partial charge in [0.1, 0.15) is 0 Å². The lowest BCUT2D eigenvalue weighted by Gasteiger charge is -2.32. The normalized spacial score (nSPS) is 26.0. The third-order valence-corrected chi connectivity index (χ3v) is 6.93. The molecule has 1 saturated carbocycles. The summed E-state index contributed by atoms with van der Waals surface area (Å²) in [6.07, 6.45) is 10.1. The zero-order valence-electron chi connectivity index (χ0n) is 16.4. The van der Waals surface area contributed by atoms with Gasteiger partial charge in [-0.3, -0.25) is 9.78 Å². The average molecular weight is 398 g/mol. The van der Waals surface area contributed by atoms with E-state index in [-0.39, 0.29) is 11.9 Å². The van der Waals surface area contributed by atoms with Crippen molar-refractivity contribution in [2.75, 3.05) is 6.54 Å². The third-order valence-electron chi connectivity index (χ3n) is 6.58. The van der Waals surface area contributed by atoms with E-state index in [1.807, 2.05) is 43.5 Å². The van der Waals surface area contributed by atoms with Gasteiger partial charge in [-0.25, -0.2) is 0 Å². The summed E-state index contributed by atoms with van der Waals surface area (Å²) in [4.78, 5) is 19.6. The van der Waals surface area contributed by atoms with Crippen LogP contribution in [0.5, 0.6) is 0 Å². The second kappa shape index (κ2) is 7.84. The zero-order chi connectivity index (χ0) is 19.7. The summed E-state index contributed by atoms with van der Waals surface area (Å²) in [5, 5.41) is 0.679. The van der Waals surface area contributed by atoms with Gasteiger partial charge in [-0.1, -0.05) is 49.1 Å². The number of likely N-dealkylation sites (tertiary alicyclic amines) is 1. The van der Waals surface area contributed by atoms with E-state index in [0.29, 0.717) is 24.0 Å². The maximum atomic E-state index is 13.3. The van der Waals surface area contributed by atoms with E-state index >= 15 is 0 Å². The summed E-state index contributed by atoms with van der Waals surface area (Å²) in [6, 6.07) is 10.1. The van der Waals surface area contributed by atoms with Crippen LogP contribution in [0, 0.1) is 5.41 Å². The molecular weight excluding hydrogens is 370 g/mol. The Labute approximate surface area is 172 Å². The van der Waals surface area contributed by atoms with Gasteiger partial charge in [0.2, 0.25) is 5.91 Å². The van der Waals surface area contributed by atoms with Gasteiger partial charge in [0.05, 0.1) is 5.41 Å². The highest BCUT2D eigenvalue weighted by molar-refractivity contribution is 6.31. The van der Waals surface area contributed by atoms with Gasteiger partial charge in [0, 0.05) is 41.6 Å². The van der Waals surface area contributed by atoms with Gasteiger partial charge in [0.15, 0.2) is 0 Å². The molecule has 2 atom stereocenters. The van der Waals surface area contributed by atoms with Crippen LogP contribution in [0.15, 0.2) is 42.7 Å². The number of hydrogen-bond donors (Lipinski definition) is 1. The minimum atomic E-state index is -0.600. The van der Waals surface area contributed by atoms with Crippen LogP contribution in [0.25, 0.3) is 11.1 Å². The van der Waals surface area contributed by atoms with Crippen molar-refractivity contribution in [2.45, 2.75) is 57.5 Å². The van der Waals surface area contributed by atoms with Crippen LogP contribution in [0.2, 0.25) is 5.02 Å². The van der Waals surface area contributed by atoms with Crippen molar-refractivity contribution in [2.24, 2.45) is 11.1 Å². The average Bonchev–Trinajstić information content (AvgIpc) is 2.95. The molecule has 1 amide bonds. The first-order chi connectivity index (χ1) is 13.5. The Morgan fingerprint density at radius 2 is 2.00 bits per heavy atom. The fourth-order valence-corrected chi connectivity index (χ4v) is 4.94. The van der Waals surface area contributed by atoms with Crippen LogP contribution in [0.4, 0.5) is 0 Å². The molecule has 1 aromatic heterocycles.